The number of phosphoric acid groups is 2. The van der Waals surface area contributed by atoms with E-state index in [4.69, 9.17) is 37.0 Å². The van der Waals surface area contributed by atoms with Crippen molar-refractivity contribution in [1.29, 1.82) is 0 Å². The minimum absolute atomic E-state index is 0.106. The molecule has 0 radical (unpaired) electrons. The second-order valence-corrected chi connectivity index (χ2v) is 32.9. The number of carbonyl (C=O) groups excluding carboxylic acids is 4. The van der Waals surface area contributed by atoms with Crippen LogP contribution in [0.2, 0.25) is 0 Å². The molecule has 600 valence electrons. The highest BCUT2D eigenvalue weighted by Gasteiger charge is 2.30. The topological polar surface area (TPSA) is 237 Å². The Morgan fingerprint density at radius 1 is 0.267 bits per heavy atom. The summed E-state index contributed by atoms with van der Waals surface area (Å²) < 4.78 is 68.6. The number of rotatable bonds is 82. The number of hydrogen-bond acceptors (Lipinski definition) is 15. The van der Waals surface area contributed by atoms with Gasteiger partial charge in [0.25, 0.3) is 0 Å². The fourth-order valence-electron chi connectivity index (χ4n) is 12.8. The maximum Gasteiger partial charge on any atom is 0.472 e. The summed E-state index contributed by atoms with van der Waals surface area (Å²) >= 11 is 0. The summed E-state index contributed by atoms with van der Waals surface area (Å²) in [6.07, 6.45) is 67.0. The number of carbonyl (C=O) groups is 4. The molecule has 0 saturated heterocycles. The maximum absolute atomic E-state index is 13.1. The average molecular weight is 1480 g/mol. The number of ether oxygens (including phenoxy) is 4. The van der Waals surface area contributed by atoms with Gasteiger partial charge in [0.05, 0.1) is 26.4 Å². The highest BCUT2D eigenvalue weighted by Crippen LogP contribution is 2.45. The zero-order chi connectivity index (χ0) is 74.1. The van der Waals surface area contributed by atoms with E-state index in [1.165, 1.54) is 257 Å². The van der Waals surface area contributed by atoms with Crippen molar-refractivity contribution in [3.8, 4) is 0 Å². The van der Waals surface area contributed by atoms with Crippen molar-refractivity contribution < 1.29 is 80.2 Å². The Morgan fingerprint density at radius 3 is 0.673 bits per heavy atom. The Balaban J connectivity index is 5.17. The molecule has 0 aromatic rings. The monoisotopic (exact) mass is 1480 g/mol. The smallest absolute Gasteiger partial charge is 0.462 e. The highest BCUT2D eigenvalue weighted by molar-refractivity contribution is 7.47. The van der Waals surface area contributed by atoms with Crippen LogP contribution in [0.4, 0.5) is 0 Å². The lowest BCUT2D eigenvalue weighted by Crippen LogP contribution is -2.30. The molecule has 0 aliphatic rings. The Morgan fingerprint density at radius 2 is 0.455 bits per heavy atom. The number of hydrogen-bond donors (Lipinski definition) is 3. The van der Waals surface area contributed by atoms with Crippen molar-refractivity contribution in [2.45, 2.75) is 457 Å². The first-order valence-electron chi connectivity index (χ1n) is 42.6. The number of esters is 4. The van der Waals surface area contributed by atoms with Crippen molar-refractivity contribution in [3.05, 3.63) is 0 Å². The lowest BCUT2D eigenvalue weighted by Gasteiger charge is -2.21. The molecule has 0 spiro atoms. The van der Waals surface area contributed by atoms with Crippen LogP contribution >= 0.6 is 15.6 Å². The molecular weight excluding hydrogens is 1320 g/mol. The largest absolute Gasteiger partial charge is 0.472 e. The van der Waals surface area contributed by atoms with Gasteiger partial charge in [-0.1, -0.05) is 388 Å². The van der Waals surface area contributed by atoms with Crippen molar-refractivity contribution in [2.24, 2.45) is 5.92 Å². The molecule has 0 bridgehead atoms. The van der Waals surface area contributed by atoms with Gasteiger partial charge in [-0.3, -0.25) is 37.3 Å². The van der Waals surface area contributed by atoms with Crippen molar-refractivity contribution in [1.82, 2.24) is 0 Å². The highest BCUT2D eigenvalue weighted by atomic mass is 31.2. The predicted molar refractivity (Wildman–Crippen MR) is 414 cm³/mol. The molecule has 0 aromatic carbocycles. The van der Waals surface area contributed by atoms with Crippen LogP contribution in [0.5, 0.6) is 0 Å². The van der Waals surface area contributed by atoms with Gasteiger partial charge < -0.3 is 33.8 Å². The minimum Gasteiger partial charge on any atom is -0.462 e. The lowest BCUT2D eigenvalue weighted by atomic mass is 10.0. The average Bonchev–Trinajstić information content (AvgIpc) is 0.923. The first-order chi connectivity index (χ1) is 49.0. The summed E-state index contributed by atoms with van der Waals surface area (Å²) in [5.74, 6) is -1.43. The van der Waals surface area contributed by atoms with Gasteiger partial charge in [0.15, 0.2) is 12.2 Å². The maximum atomic E-state index is 13.1. The van der Waals surface area contributed by atoms with Gasteiger partial charge in [0.2, 0.25) is 0 Å². The molecule has 0 fully saturated rings. The summed E-state index contributed by atoms with van der Waals surface area (Å²) in [6, 6.07) is 0. The van der Waals surface area contributed by atoms with Gasteiger partial charge in [-0.25, -0.2) is 9.13 Å². The summed E-state index contributed by atoms with van der Waals surface area (Å²) in [7, 11) is -9.92. The summed E-state index contributed by atoms with van der Waals surface area (Å²) in [5, 5.41) is 10.6. The van der Waals surface area contributed by atoms with Crippen LogP contribution in [0.25, 0.3) is 0 Å². The van der Waals surface area contributed by atoms with Gasteiger partial charge in [-0.05, 0) is 31.6 Å². The third-order valence-electron chi connectivity index (χ3n) is 19.3. The van der Waals surface area contributed by atoms with Crippen LogP contribution in [0.15, 0.2) is 0 Å². The van der Waals surface area contributed by atoms with E-state index in [2.05, 4.69) is 34.6 Å². The Hall–Kier alpha value is -1.94. The first-order valence-corrected chi connectivity index (χ1v) is 45.6. The minimum atomic E-state index is -4.96. The number of aliphatic hydroxyl groups is 1. The van der Waals surface area contributed by atoms with Crippen LogP contribution in [0.3, 0.4) is 0 Å². The van der Waals surface area contributed by atoms with Crippen LogP contribution in [0.1, 0.15) is 439 Å². The second-order valence-electron chi connectivity index (χ2n) is 30.0. The van der Waals surface area contributed by atoms with E-state index < -0.39 is 97.5 Å². The molecule has 0 heterocycles. The Bertz CT molecular complexity index is 1930. The lowest BCUT2D eigenvalue weighted by molar-refractivity contribution is -0.161. The normalized spacial score (nSPS) is 13.8. The molecule has 0 saturated carbocycles. The molecule has 17 nitrogen and oxygen atoms in total. The molecule has 0 aliphatic carbocycles. The van der Waals surface area contributed by atoms with Crippen LogP contribution in [-0.2, 0) is 65.4 Å². The predicted octanol–water partition coefficient (Wildman–Crippen LogP) is 24.8. The van der Waals surface area contributed by atoms with Gasteiger partial charge in [0, 0.05) is 25.7 Å². The zero-order valence-corrected chi connectivity index (χ0v) is 67.8. The Kier molecular flexibility index (Phi) is 73.5. The van der Waals surface area contributed by atoms with Crippen LogP contribution in [-0.4, -0.2) is 96.7 Å². The van der Waals surface area contributed by atoms with Gasteiger partial charge in [-0.15, -0.1) is 0 Å². The van der Waals surface area contributed by atoms with Crippen molar-refractivity contribution >= 4 is 39.5 Å². The van der Waals surface area contributed by atoms with E-state index in [-0.39, 0.29) is 25.7 Å². The molecule has 3 N–H and O–H groups in total. The second kappa shape index (κ2) is 74.9. The number of unbranched alkanes of at least 4 members (excludes halogenated alkanes) is 54. The quantitative estimate of drug-likeness (QED) is 0.0222. The summed E-state index contributed by atoms with van der Waals surface area (Å²) in [4.78, 5) is 72.9. The summed E-state index contributed by atoms with van der Waals surface area (Å²) in [5.41, 5.74) is 0. The van der Waals surface area contributed by atoms with Gasteiger partial charge in [-0.2, -0.15) is 0 Å². The Labute approximate surface area is 619 Å². The molecule has 0 aliphatic heterocycles. The van der Waals surface area contributed by atoms with E-state index in [0.717, 1.165) is 96.3 Å². The molecule has 2 unspecified atom stereocenters. The molecule has 101 heavy (non-hydrogen) atoms. The fraction of sp³-hybridized carbons (Fsp3) is 0.951. The molecule has 0 rings (SSSR count). The van der Waals surface area contributed by atoms with Gasteiger partial charge >= 0.3 is 39.5 Å². The molecule has 5 atom stereocenters. The molecule has 0 aromatic heterocycles. The van der Waals surface area contributed by atoms with Gasteiger partial charge in [0.1, 0.15) is 19.3 Å². The van der Waals surface area contributed by atoms with Crippen LogP contribution < -0.4 is 0 Å². The van der Waals surface area contributed by atoms with E-state index >= 15 is 0 Å². The summed E-state index contributed by atoms with van der Waals surface area (Å²) in [6.45, 7) is 7.24. The van der Waals surface area contributed by atoms with E-state index in [0.29, 0.717) is 31.6 Å². The van der Waals surface area contributed by atoms with E-state index in [9.17, 15) is 43.2 Å². The third kappa shape index (κ3) is 76.1. The van der Waals surface area contributed by atoms with E-state index in [1.807, 2.05) is 0 Å². The first kappa shape index (κ1) is 99.1. The molecule has 0 amide bonds. The number of phosphoric ester groups is 2. The third-order valence-corrected chi connectivity index (χ3v) is 21.2. The molecular formula is C82H160O17P2. The fourth-order valence-corrected chi connectivity index (χ4v) is 14.3. The van der Waals surface area contributed by atoms with Crippen molar-refractivity contribution in [2.75, 3.05) is 39.6 Å². The standard InChI is InChI=1S/C82H160O17P2/c1-6-9-12-15-18-21-24-26-28-30-32-33-34-36-38-40-42-45-48-51-58-63-68-82(87)98-77(71-92-79(84)65-60-55-49-46-44-41-39-37-35-31-29-27-25-22-19-16-13-10-7-2)73-96-100(88,89)94-69-76(83)70-95-101(90,91)97-74-78(72-93-80(85)66-61-56-53-52-54-59-64-75(4)5)99-81(86)67-62-57-50-47-43-23-20-17-14-11-8-3/h75-78,83H,6-74H2,1-5H3,(H,88,89)(H,90,91)/t76-,77-,78-/m1/s1. The zero-order valence-electron chi connectivity index (χ0n) is 66.1. The van der Waals surface area contributed by atoms with Crippen molar-refractivity contribution in [3.63, 3.8) is 0 Å². The molecule has 19 heteroatoms. The van der Waals surface area contributed by atoms with E-state index in [1.54, 1.807) is 0 Å². The van der Waals surface area contributed by atoms with Crippen LogP contribution in [0, 0.1) is 5.92 Å². The SMILES string of the molecule is CCCCCCCCCCCCCCCCCCCCCCCCC(=O)O[C@H](COC(=O)CCCCCCCCCCCCCCCCCCCCC)COP(=O)(O)OC[C@@H](O)COP(=O)(O)OC[C@@H](COC(=O)CCCCCCCCC(C)C)OC(=O)CCCCCCCCCCCCC. The number of aliphatic hydroxyl groups excluding tert-OH is 1.